The summed E-state index contributed by atoms with van der Waals surface area (Å²) < 4.78 is 31.7. The lowest BCUT2D eigenvalue weighted by molar-refractivity contribution is 0.506. The summed E-state index contributed by atoms with van der Waals surface area (Å²) in [5.41, 5.74) is 0.476. The highest BCUT2D eigenvalue weighted by Crippen LogP contribution is 2.28. The first-order valence-corrected chi connectivity index (χ1v) is 11.7. The molecule has 37 heavy (non-hydrogen) atoms. The summed E-state index contributed by atoms with van der Waals surface area (Å²) in [6, 6.07) is 3.84. The van der Waals surface area contributed by atoms with Crippen molar-refractivity contribution < 1.29 is 8.78 Å². The van der Waals surface area contributed by atoms with Gasteiger partial charge in [-0.2, -0.15) is 5.10 Å². The fourth-order valence-corrected chi connectivity index (χ4v) is 4.43. The zero-order valence-corrected chi connectivity index (χ0v) is 20.8. The van der Waals surface area contributed by atoms with Crippen LogP contribution in [0.4, 0.5) is 14.5 Å². The van der Waals surface area contributed by atoms with E-state index >= 15 is 0 Å². The van der Waals surface area contributed by atoms with Gasteiger partial charge in [-0.25, -0.2) is 18.6 Å². The van der Waals surface area contributed by atoms with Gasteiger partial charge in [0.2, 0.25) is 0 Å². The van der Waals surface area contributed by atoms with Crippen LogP contribution in [0.25, 0.3) is 21.9 Å². The van der Waals surface area contributed by atoms with Crippen molar-refractivity contribution in [3.8, 4) is 0 Å². The van der Waals surface area contributed by atoms with Gasteiger partial charge in [-0.1, -0.05) is 11.6 Å². The van der Waals surface area contributed by atoms with Crippen molar-refractivity contribution in [2.45, 2.75) is 33.0 Å². The van der Waals surface area contributed by atoms with Crippen molar-refractivity contribution in [1.82, 2.24) is 33.9 Å². The Labute approximate surface area is 213 Å². The number of fused-ring (bicyclic) bond motifs is 3. The van der Waals surface area contributed by atoms with Gasteiger partial charge in [-0.3, -0.25) is 28.6 Å². The maximum atomic E-state index is 14.2. The normalized spacial score (nSPS) is 11.6. The summed E-state index contributed by atoms with van der Waals surface area (Å²) in [4.78, 5) is 40.4. The summed E-state index contributed by atoms with van der Waals surface area (Å²) in [6.45, 7) is 3.46. The summed E-state index contributed by atoms with van der Waals surface area (Å²) in [7, 11) is 1.66. The molecule has 1 N–H and O–H groups in total. The molecule has 0 aliphatic carbocycles. The van der Waals surface area contributed by atoms with Crippen molar-refractivity contribution in [2.24, 2.45) is 7.05 Å². The van der Waals surface area contributed by atoms with Gasteiger partial charge in [-0.15, -0.1) is 0 Å². The standard InChI is InChI=1S/C24H21ClF2N8O2/c1-12(2)31-16-8-17-19(22-21(16)28-4-5-29-22)23(36)35(10-18-30-11-33(3)32-18)24(37)34(17)9-13-6-14(25)20(27)15(26)7-13/h4-8,11-12,31H,9-10H2,1-3H3. The molecule has 0 fully saturated rings. The average molecular weight is 527 g/mol. The molecule has 0 saturated heterocycles. The summed E-state index contributed by atoms with van der Waals surface area (Å²) in [5.74, 6) is -2.08. The number of halogens is 3. The lowest BCUT2D eigenvalue weighted by Gasteiger charge is -2.18. The molecule has 13 heteroatoms. The molecule has 3 aromatic heterocycles. The van der Waals surface area contributed by atoms with E-state index in [1.165, 1.54) is 34.0 Å². The summed E-state index contributed by atoms with van der Waals surface area (Å²) in [6.07, 6.45) is 4.42. The van der Waals surface area contributed by atoms with Crippen LogP contribution in [0, 0.1) is 11.6 Å². The molecule has 190 valence electrons. The van der Waals surface area contributed by atoms with E-state index in [1.54, 1.807) is 13.1 Å². The minimum atomic E-state index is -1.18. The average Bonchev–Trinajstić information content (AvgIpc) is 3.27. The van der Waals surface area contributed by atoms with Crippen LogP contribution in [0.2, 0.25) is 5.02 Å². The molecule has 3 heterocycles. The molecule has 10 nitrogen and oxygen atoms in total. The molecule has 0 saturated carbocycles. The molecule has 0 spiro atoms. The number of hydrogen-bond acceptors (Lipinski definition) is 7. The van der Waals surface area contributed by atoms with E-state index in [-0.39, 0.29) is 46.9 Å². The Morgan fingerprint density at radius 2 is 1.73 bits per heavy atom. The van der Waals surface area contributed by atoms with Gasteiger partial charge in [0.25, 0.3) is 5.56 Å². The maximum absolute atomic E-state index is 14.2. The van der Waals surface area contributed by atoms with Crippen LogP contribution in [0.5, 0.6) is 0 Å². The Morgan fingerprint density at radius 1 is 1.00 bits per heavy atom. The van der Waals surface area contributed by atoms with E-state index in [4.69, 9.17) is 11.6 Å². The Bertz CT molecular complexity index is 1770. The van der Waals surface area contributed by atoms with Gasteiger partial charge in [0.1, 0.15) is 17.4 Å². The van der Waals surface area contributed by atoms with Crippen LogP contribution in [-0.4, -0.2) is 39.9 Å². The second-order valence-corrected chi connectivity index (χ2v) is 9.25. The zero-order valence-electron chi connectivity index (χ0n) is 20.0. The molecule has 0 aliphatic rings. The quantitative estimate of drug-likeness (QED) is 0.267. The number of rotatable bonds is 6. The minimum absolute atomic E-state index is 0.00317. The third-order valence-electron chi connectivity index (χ3n) is 5.71. The van der Waals surface area contributed by atoms with Crippen molar-refractivity contribution in [1.29, 1.82) is 0 Å². The van der Waals surface area contributed by atoms with Gasteiger partial charge in [0, 0.05) is 25.5 Å². The molecular formula is C24H21ClF2N8O2. The number of aromatic nitrogens is 7. The lowest BCUT2D eigenvalue weighted by Crippen LogP contribution is -2.41. The number of anilines is 1. The third-order valence-corrected chi connectivity index (χ3v) is 5.99. The molecular weight excluding hydrogens is 506 g/mol. The Balaban J connectivity index is 1.85. The minimum Gasteiger partial charge on any atom is -0.381 e. The number of nitrogens with one attached hydrogen (secondary N) is 1. The van der Waals surface area contributed by atoms with Gasteiger partial charge in [0.15, 0.2) is 17.5 Å². The summed E-state index contributed by atoms with van der Waals surface area (Å²) in [5, 5.41) is 7.17. The van der Waals surface area contributed by atoms with E-state index < -0.39 is 27.9 Å². The largest absolute Gasteiger partial charge is 0.381 e. The van der Waals surface area contributed by atoms with E-state index in [0.29, 0.717) is 11.2 Å². The zero-order chi connectivity index (χ0) is 26.4. The van der Waals surface area contributed by atoms with Gasteiger partial charge in [0.05, 0.1) is 34.7 Å². The molecule has 0 aliphatic heterocycles. The van der Waals surface area contributed by atoms with Gasteiger partial charge < -0.3 is 5.32 Å². The van der Waals surface area contributed by atoms with E-state index in [9.17, 15) is 18.4 Å². The fraction of sp³-hybridized carbons (Fsp3) is 0.250. The number of benzene rings is 2. The monoisotopic (exact) mass is 526 g/mol. The molecule has 0 atom stereocenters. The van der Waals surface area contributed by atoms with Crippen LogP contribution in [0.3, 0.4) is 0 Å². The Morgan fingerprint density at radius 3 is 2.38 bits per heavy atom. The third kappa shape index (κ3) is 4.44. The van der Waals surface area contributed by atoms with Crippen LogP contribution in [0.1, 0.15) is 25.2 Å². The van der Waals surface area contributed by atoms with Crippen LogP contribution >= 0.6 is 11.6 Å². The smallest absolute Gasteiger partial charge is 0.332 e. The molecule has 2 aromatic carbocycles. The molecule has 5 rings (SSSR count). The van der Waals surface area contributed by atoms with E-state index in [0.717, 1.165) is 10.6 Å². The second kappa shape index (κ2) is 9.36. The van der Waals surface area contributed by atoms with Crippen LogP contribution < -0.4 is 16.6 Å². The number of aryl methyl sites for hydroxylation is 1. The SMILES string of the molecule is CC(C)Nc1cc2c(c(=O)n(Cc3ncn(C)n3)c(=O)n2Cc2cc(F)c(F)c(Cl)c2)c2nccnc12. The first-order chi connectivity index (χ1) is 17.6. The highest BCUT2D eigenvalue weighted by atomic mass is 35.5. The molecule has 0 amide bonds. The van der Waals surface area contributed by atoms with Crippen molar-refractivity contribution in [2.75, 3.05) is 5.32 Å². The number of nitrogens with zero attached hydrogens (tertiary/aromatic N) is 7. The van der Waals surface area contributed by atoms with Crippen molar-refractivity contribution >= 4 is 39.2 Å². The van der Waals surface area contributed by atoms with Crippen molar-refractivity contribution in [3.63, 3.8) is 0 Å². The maximum Gasteiger partial charge on any atom is 0.332 e. The molecule has 5 aromatic rings. The highest BCUT2D eigenvalue weighted by Gasteiger charge is 2.21. The first kappa shape index (κ1) is 24.5. The summed E-state index contributed by atoms with van der Waals surface area (Å²) >= 11 is 5.87. The fourth-order valence-electron chi connectivity index (χ4n) is 4.20. The molecule has 0 bridgehead atoms. The van der Waals surface area contributed by atoms with E-state index in [2.05, 4.69) is 25.4 Å². The first-order valence-electron chi connectivity index (χ1n) is 11.3. The van der Waals surface area contributed by atoms with Gasteiger partial charge in [-0.05, 0) is 37.6 Å². The molecule has 0 unspecified atom stereocenters. The van der Waals surface area contributed by atoms with Crippen LogP contribution in [0.15, 0.2) is 46.5 Å². The predicted octanol–water partition coefficient (Wildman–Crippen LogP) is 3.08. The Hall–Kier alpha value is -4.19. The topological polar surface area (TPSA) is 113 Å². The lowest BCUT2D eigenvalue weighted by atomic mass is 10.1. The van der Waals surface area contributed by atoms with Gasteiger partial charge >= 0.3 is 5.69 Å². The predicted molar refractivity (Wildman–Crippen MR) is 135 cm³/mol. The van der Waals surface area contributed by atoms with E-state index in [1.807, 2.05) is 13.8 Å². The second-order valence-electron chi connectivity index (χ2n) is 8.84. The number of hydrogen-bond donors (Lipinski definition) is 1. The Kier molecular flexibility index (Phi) is 6.20. The van der Waals surface area contributed by atoms with Crippen molar-refractivity contribution in [3.05, 3.63) is 85.8 Å². The highest BCUT2D eigenvalue weighted by molar-refractivity contribution is 6.30. The van der Waals surface area contributed by atoms with Crippen LogP contribution in [-0.2, 0) is 20.1 Å². The molecule has 0 radical (unpaired) electrons.